The third kappa shape index (κ3) is 8.83. The van der Waals surface area contributed by atoms with Gasteiger partial charge >= 0.3 is 101 Å². The van der Waals surface area contributed by atoms with Crippen molar-refractivity contribution in [3.8, 4) is 0 Å². The average Bonchev–Trinajstić information content (AvgIpc) is 2.61. The molecule has 2 rings (SSSR count). The summed E-state index contributed by atoms with van der Waals surface area (Å²) < 4.78 is 11.5. The molecular weight excluding hydrogens is 399 g/mol. The summed E-state index contributed by atoms with van der Waals surface area (Å²) >= 11 is -0.517. The molecule has 0 saturated heterocycles. The van der Waals surface area contributed by atoms with Gasteiger partial charge in [-0.05, 0) is 0 Å². The molecule has 0 bridgehead atoms. The van der Waals surface area contributed by atoms with Crippen LogP contribution in [0.1, 0.15) is 0 Å². The minimum atomic E-state index is -0.578. The molecule has 0 amide bonds. The van der Waals surface area contributed by atoms with Crippen molar-refractivity contribution in [2.24, 2.45) is 0 Å². The van der Waals surface area contributed by atoms with Gasteiger partial charge in [-0.1, -0.05) is 0 Å². The van der Waals surface area contributed by atoms with Crippen molar-refractivity contribution in [3.05, 3.63) is 72.8 Å². The Bertz CT molecular complexity index is 568. The Labute approximate surface area is 146 Å². The predicted molar refractivity (Wildman–Crippen MR) is 91.1 cm³/mol. The van der Waals surface area contributed by atoms with Gasteiger partial charge in [-0.3, -0.25) is 0 Å². The molecule has 2 radical (unpaired) electrons. The van der Waals surface area contributed by atoms with Crippen LogP contribution in [-0.2, 0) is 19.1 Å². The van der Waals surface area contributed by atoms with Crippen molar-refractivity contribution < 1.29 is 19.1 Å². The van der Waals surface area contributed by atoms with Crippen molar-refractivity contribution >= 4 is 40.2 Å². The molecule has 2 aromatic rings. The summed E-state index contributed by atoms with van der Waals surface area (Å²) in [7, 11) is 2.45. The number of carbonyl (C=O) groups excluding carboxylic acids is 2. The Morgan fingerprint density at radius 1 is 0.739 bits per heavy atom. The van der Waals surface area contributed by atoms with Gasteiger partial charge in [0.25, 0.3) is 0 Å². The molecule has 0 saturated carbocycles. The molecule has 0 fully saturated rings. The summed E-state index contributed by atoms with van der Waals surface area (Å²) in [4.78, 5) is 20.6. The van der Waals surface area contributed by atoms with E-state index in [1.165, 1.54) is 21.4 Å². The fourth-order valence-electron chi connectivity index (χ4n) is 1.48. The third-order valence-corrected chi connectivity index (χ3v) is 6.14. The molecule has 0 aromatic heterocycles. The topological polar surface area (TPSA) is 52.6 Å². The van der Waals surface area contributed by atoms with Crippen molar-refractivity contribution in [2.75, 3.05) is 14.2 Å². The van der Waals surface area contributed by atoms with Crippen LogP contribution in [0.3, 0.4) is 0 Å². The molecule has 0 atom stereocenters. The van der Waals surface area contributed by atoms with Crippen molar-refractivity contribution in [2.45, 2.75) is 0 Å². The molecule has 0 spiro atoms. The zero-order valence-corrected chi connectivity index (χ0v) is 15.9. The molecule has 23 heavy (non-hydrogen) atoms. The average molecular weight is 417 g/mol. The van der Waals surface area contributed by atoms with Gasteiger partial charge in [-0.2, -0.15) is 0 Å². The summed E-state index contributed by atoms with van der Waals surface area (Å²) in [6.07, 6.45) is 1.98. The number of methoxy groups -OCH3 is 2. The van der Waals surface area contributed by atoms with E-state index in [0.717, 1.165) is 12.2 Å². The van der Waals surface area contributed by atoms with Crippen LogP contribution in [-0.4, -0.2) is 47.3 Å². The first-order valence-electron chi connectivity index (χ1n) is 6.87. The number of ether oxygens (including phenoxy) is 2. The number of esters is 2. The van der Waals surface area contributed by atoms with Crippen molar-refractivity contribution in [3.63, 3.8) is 0 Å². The number of hydrogen-bond donors (Lipinski definition) is 0. The van der Waals surface area contributed by atoms with Crippen LogP contribution in [0.15, 0.2) is 72.8 Å². The Morgan fingerprint density at radius 3 is 1.39 bits per heavy atom. The van der Waals surface area contributed by atoms with Gasteiger partial charge in [0.05, 0.1) is 14.2 Å². The Morgan fingerprint density at radius 2 is 1.09 bits per heavy atom. The first-order chi connectivity index (χ1) is 11.2. The molecule has 0 aliphatic carbocycles. The van der Waals surface area contributed by atoms with Crippen LogP contribution < -0.4 is 7.16 Å². The van der Waals surface area contributed by atoms with E-state index in [1.807, 2.05) is 0 Å². The predicted octanol–water partition coefficient (Wildman–Crippen LogP) is 1.23. The second kappa shape index (κ2) is 11.5. The van der Waals surface area contributed by atoms with E-state index in [-0.39, 0.29) is 0 Å². The Hall–Kier alpha value is -2.08. The molecule has 2 aromatic carbocycles. The Kier molecular flexibility index (Phi) is 9.47. The molecule has 0 heterocycles. The van der Waals surface area contributed by atoms with Crippen LogP contribution in [0.4, 0.5) is 0 Å². The molecule has 0 N–H and O–H groups in total. The van der Waals surface area contributed by atoms with E-state index in [2.05, 4.69) is 70.1 Å². The van der Waals surface area contributed by atoms with E-state index in [1.54, 1.807) is 0 Å². The molecule has 0 aliphatic heterocycles. The SMILES string of the molecule is COC(=O)/C=C\C(=O)OC.c1cc[c]([Sn][c]2ccccc2)cc1. The maximum atomic E-state index is 10.3. The molecule has 4 nitrogen and oxygen atoms in total. The number of rotatable bonds is 4. The number of carbonyl (C=O) groups is 2. The van der Waals surface area contributed by atoms with Gasteiger partial charge in [-0.15, -0.1) is 0 Å². The second-order valence-corrected chi connectivity index (χ2v) is 8.25. The molecule has 5 heteroatoms. The van der Waals surface area contributed by atoms with Gasteiger partial charge in [-0.25, -0.2) is 9.59 Å². The first-order valence-corrected chi connectivity index (χ1v) is 9.72. The summed E-state index contributed by atoms with van der Waals surface area (Å²) in [5.41, 5.74) is 0. The third-order valence-electron chi connectivity index (χ3n) is 2.59. The van der Waals surface area contributed by atoms with Crippen LogP contribution >= 0.6 is 0 Å². The van der Waals surface area contributed by atoms with Crippen LogP contribution in [0, 0.1) is 0 Å². The van der Waals surface area contributed by atoms with Crippen molar-refractivity contribution in [1.82, 2.24) is 0 Å². The van der Waals surface area contributed by atoms with E-state index in [0.29, 0.717) is 0 Å². The summed E-state index contributed by atoms with van der Waals surface area (Å²) in [5, 5.41) is 0. The van der Waals surface area contributed by atoms with Crippen molar-refractivity contribution in [1.29, 1.82) is 0 Å². The fraction of sp³-hybridized carbons (Fsp3) is 0.111. The molecule has 0 aliphatic rings. The van der Waals surface area contributed by atoms with E-state index >= 15 is 0 Å². The van der Waals surface area contributed by atoms with Gasteiger partial charge in [0.2, 0.25) is 0 Å². The van der Waals surface area contributed by atoms with E-state index < -0.39 is 33.1 Å². The Balaban J connectivity index is 0.000000241. The summed E-state index contributed by atoms with van der Waals surface area (Å²) in [5.74, 6) is -1.16. The summed E-state index contributed by atoms with van der Waals surface area (Å²) in [6.45, 7) is 0. The molecule has 0 unspecified atom stereocenters. The van der Waals surface area contributed by atoms with Gasteiger partial charge in [0, 0.05) is 12.2 Å². The first kappa shape index (κ1) is 19.0. The zero-order valence-electron chi connectivity index (χ0n) is 13.1. The van der Waals surface area contributed by atoms with Gasteiger partial charge < -0.3 is 9.47 Å². The molecule has 118 valence electrons. The standard InChI is InChI=1S/C6H8O4.2C6H5.Sn/c1-9-5(7)3-4-6(8)10-2;2*1-2-4-6-5-3-1;/h3-4H,1-2H3;2*1-5H;/b4-3-;;;. The van der Waals surface area contributed by atoms with E-state index in [9.17, 15) is 9.59 Å². The minimum absolute atomic E-state index is 0.517. The van der Waals surface area contributed by atoms with Gasteiger partial charge in [0.1, 0.15) is 0 Å². The second-order valence-electron chi connectivity index (χ2n) is 4.24. The zero-order chi connectivity index (χ0) is 16.9. The fourth-order valence-corrected chi connectivity index (χ4v) is 4.48. The van der Waals surface area contributed by atoms with Crippen LogP contribution in [0.5, 0.6) is 0 Å². The summed E-state index contributed by atoms with van der Waals surface area (Å²) in [6, 6.07) is 21.6. The van der Waals surface area contributed by atoms with E-state index in [4.69, 9.17) is 0 Å². The molecular formula is C18H18O4Sn. The normalized spacial score (nSPS) is 9.65. The van der Waals surface area contributed by atoms with Crippen LogP contribution in [0.25, 0.3) is 0 Å². The quantitative estimate of drug-likeness (QED) is 0.427. The van der Waals surface area contributed by atoms with Crippen LogP contribution in [0.2, 0.25) is 0 Å². The van der Waals surface area contributed by atoms with Gasteiger partial charge in [0.15, 0.2) is 0 Å². The number of benzene rings is 2. The number of hydrogen-bond acceptors (Lipinski definition) is 4. The maximum absolute atomic E-state index is 10.3. The monoisotopic (exact) mass is 418 g/mol.